The molecule has 0 fully saturated rings. The average Bonchev–Trinajstić information content (AvgIpc) is 2.90. The largest absolute Gasteiger partial charge is 0.300 e. The van der Waals surface area contributed by atoms with Crippen LogP contribution in [0.4, 0.5) is 5.13 Å². The molecule has 0 aliphatic rings. The van der Waals surface area contributed by atoms with Gasteiger partial charge in [0.05, 0.1) is 16.9 Å². The lowest BCUT2D eigenvalue weighted by Crippen LogP contribution is -2.25. The summed E-state index contributed by atoms with van der Waals surface area (Å²) < 4.78 is 1.59. The fourth-order valence-corrected chi connectivity index (χ4v) is 2.06. The third kappa shape index (κ3) is 2.48. The number of hydrogen-bond acceptors (Lipinski definition) is 4. The van der Waals surface area contributed by atoms with E-state index in [1.807, 2.05) is 6.92 Å². The number of thiazole rings is 1. The van der Waals surface area contributed by atoms with E-state index in [4.69, 9.17) is 11.6 Å². The number of halogens is 1. The molecule has 1 N–H and O–H groups in total. The predicted octanol–water partition coefficient (Wildman–Crippen LogP) is 2.50. The molecule has 2 rings (SSSR count). The third-order valence-corrected chi connectivity index (χ3v) is 3.45. The van der Waals surface area contributed by atoms with Gasteiger partial charge in [-0.15, -0.1) is 11.3 Å². The second kappa shape index (κ2) is 4.85. The minimum atomic E-state index is -0.425. The molecular formula is C10H11ClN4OS. The van der Waals surface area contributed by atoms with E-state index in [1.54, 1.807) is 23.2 Å². The van der Waals surface area contributed by atoms with Crippen LogP contribution in [0, 0.1) is 6.92 Å². The Morgan fingerprint density at radius 1 is 1.65 bits per heavy atom. The normalized spacial score (nSPS) is 12.4. The Morgan fingerprint density at radius 2 is 2.41 bits per heavy atom. The van der Waals surface area contributed by atoms with Crippen molar-refractivity contribution in [2.24, 2.45) is 0 Å². The molecule has 0 radical (unpaired) electrons. The maximum Gasteiger partial charge on any atom is 0.250 e. The van der Waals surface area contributed by atoms with E-state index in [0.717, 1.165) is 5.69 Å². The standard InChI is InChI=1S/C10H11ClN4OS/c1-6-8(11)5-13-15(6)7(2)9(16)14-10-12-3-4-17-10/h3-5,7H,1-2H3,(H,12,14,16)/t7-/m1/s1. The first-order valence-electron chi connectivity index (χ1n) is 4.99. The number of nitrogens with zero attached hydrogens (tertiary/aromatic N) is 3. The van der Waals surface area contributed by atoms with Gasteiger partial charge in [0.25, 0.3) is 5.91 Å². The summed E-state index contributed by atoms with van der Waals surface area (Å²) in [6.45, 7) is 3.59. The van der Waals surface area contributed by atoms with E-state index < -0.39 is 6.04 Å². The van der Waals surface area contributed by atoms with E-state index in [-0.39, 0.29) is 5.91 Å². The highest BCUT2D eigenvalue weighted by Crippen LogP contribution is 2.19. The highest BCUT2D eigenvalue weighted by Gasteiger charge is 2.19. The Labute approximate surface area is 107 Å². The maximum atomic E-state index is 11.9. The monoisotopic (exact) mass is 270 g/mol. The molecule has 0 aromatic carbocycles. The zero-order valence-electron chi connectivity index (χ0n) is 9.35. The average molecular weight is 271 g/mol. The van der Waals surface area contributed by atoms with Crippen LogP contribution in [0.3, 0.4) is 0 Å². The Bertz CT molecular complexity index is 522. The van der Waals surface area contributed by atoms with Crippen LogP contribution in [0.5, 0.6) is 0 Å². The van der Waals surface area contributed by atoms with Crippen LogP contribution in [0.25, 0.3) is 0 Å². The molecule has 0 bridgehead atoms. The van der Waals surface area contributed by atoms with Crippen molar-refractivity contribution in [3.63, 3.8) is 0 Å². The molecule has 1 atom stereocenters. The van der Waals surface area contributed by atoms with Crippen molar-refractivity contribution in [1.82, 2.24) is 14.8 Å². The molecule has 1 amide bonds. The zero-order valence-corrected chi connectivity index (χ0v) is 10.9. The quantitative estimate of drug-likeness (QED) is 0.932. The number of hydrogen-bond donors (Lipinski definition) is 1. The van der Waals surface area contributed by atoms with E-state index in [1.165, 1.54) is 17.5 Å². The number of carbonyl (C=O) groups is 1. The lowest BCUT2D eigenvalue weighted by Gasteiger charge is -2.13. The number of anilines is 1. The minimum Gasteiger partial charge on any atom is -0.300 e. The maximum absolute atomic E-state index is 11.9. The van der Waals surface area contributed by atoms with Crippen LogP contribution < -0.4 is 5.32 Å². The molecule has 0 spiro atoms. The van der Waals surface area contributed by atoms with Gasteiger partial charge in [-0.1, -0.05) is 11.6 Å². The summed E-state index contributed by atoms with van der Waals surface area (Å²) in [4.78, 5) is 15.9. The van der Waals surface area contributed by atoms with Crippen molar-refractivity contribution in [2.45, 2.75) is 19.9 Å². The van der Waals surface area contributed by atoms with Crippen LogP contribution in [-0.2, 0) is 4.79 Å². The molecule has 0 saturated carbocycles. The summed E-state index contributed by atoms with van der Waals surface area (Å²) in [6.07, 6.45) is 3.17. The number of amides is 1. The van der Waals surface area contributed by atoms with Gasteiger partial charge in [0, 0.05) is 11.6 Å². The number of aromatic nitrogens is 3. The van der Waals surface area contributed by atoms with Gasteiger partial charge in [0.2, 0.25) is 0 Å². The second-order valence-electron chi connectivity index (χ2n) is 3.52. The Kier molecular flexibility index (Phi) is 3.44. The predicted molar refractivity (Wildman–Crippen MR) is 67.4 cm³/mol. The first kappa shape index (κ1) is 12.1. The summed E-state index contributed by atoms with van der Waals surface area (Å²) in [7, 11) is 0. The number of rotatable bonds is 3. The van der Waals surface area contributed by atoms with Gasteiger partial charge in [-0.25, -0.2) is 4.98 Å². The molecule has 90 valence electrons. The van der Waals surface area contributed by atoms with Crippen molar-refractivity contribution in [2.75, 3.05) is 5.32 Å². The van der Waals surface area contributed by atoms with Crippen LogP contribution in [0.15, 0.2) is 17.8 Å². The van der Waals surface area contributed by atoms with Crippen molar-refractivity contribution in [3.05, 3.63) is 28.5 Å². The van der Waals surface area contributed by atoms with Gasteiger partial charge in [-0.05, 0) is 13.8 Å². The van der Waals surface area contributed by atoms with Crippen molar-refractivity contribution >= 4 is 34.0 Å². The van der Waals surface area contributed by atoms with Crippen molar-refractivity contribution in [3.8, 4) is 0 Å². The molecule has 0 aliphatic heterocycles. The van der Waals surface area contributed by atoms with Crippen LogP contribution in [0.1, 0.15) is 18.7 Å². The smallest absolute Gasteiger partial charge is 0.250 e. The number of nitrogens with one attached hydrogen (secondary N) is 1. The SMILES string of the molecule is Cc1c(Cl)cnn1[C@H](C)C(=O)Nc1nccs1. The molecule has 2 heterocycles. The van der Waals surface area contributed by atoms with Gasteiger partial charge >= 0.3 is 0 Å². The van der Waals surface area contributed by atoms with Gasteiger partial charge in [0.15, 0.2) is 5.13 Å². The summed E-state index contributed by atoms with van der Waals surface area (Å²) in [6, 6.07) is -0.425. The topological polar surface area (TPSA) is 59.8 Å². The second-order valence-corrected chi connectivity index (χ2v) is 4.83. The Balaban J connectivity index is 2.12. The Morgan fingerprint density at radius 3 is 2.94 bits per heavy atom. The molecule has 0 aliphatic carbocycles. The summed E-state index contributed by atoms with van der Waals surface area (Å²) in [5, 5.41) is 9.73. The van der Waals surface area contributed by atoms with Crippen LogP contribution >= 0.6 is 22.9 Å². The highest BCUT2D eigenvalue weighted by molar-refractivity contribution is 7.13. The summed E-state index contributed by atoms with van der Waals surface area (Å²) in [5.74, 6) is -0.164. The molecule has 17 heavy (non-hydrogen) atoms. The minimum absolute atomic E-state index is 0.164. The molecule has 2 aromatic rings. The van der Waals surface area contributed by atoms with Gasteiger partial charge in [0.1, 0.15) is 6.04 Å². The molecule has 0 saturated heterocycles. The Hall–Kier alpha value is -1.40. The fourth-order valence-electron chi connectivity index (χ4n) is 1.40. The number of carbonyl (C=O) groups excluding carboxylic acids is 1. The van der Waals surface area contributed by atoms with Crippen molar-refractivity contribution in [1.29, 1.82) is 0 Å². The molecule has 7 heteroatoms. The van der Waals surface area contributed by atoms with Crippen molar-refractivity contribution < 1.29 is 4.79 Å². The first-order valence-corrected chi connectivity index (χ1v) is 6.25. The molecule has 2 aromatic heterocycles. The van der Waals surface area contributed by atoms with Gasteiger partial charge < -0.3 is 5.32 Å². The van der Waals surface area contributed by atoms with Gasteiger partial charge in [-0.3, -0.25) is 9.48 Å². The highest BCUT2D eigenvalue weighted by atomic mass is 35.5. The van der Waals surface area contributed by atoms with Gasteiger partial charge in [-0.2, -0.15) is 5.10 Å². The van der Waals surface area contributed by atoms with E-state index in [0.29, 0.717) is 10.2 Å². The van der Waals surface area contributed by atoms with Crippen LogP contribution in [-0.4, -0.2) is 20.7 Å². The van der Waals surface area contributed by atoms with E-state index in [2.05, 4.69) is 15.4 Å². The molecular weight excluding hydrogens is 260 g/mol. The summed E-state index contributed by atoms with van der Waals surface area (Å²) in [5.41, 5.74) is 0.772. The zero-order chi connectivity index (χ0) is 12.4. The molecule has 5 nitrogen and oxygen atoms in total. The van der Waals surface area contributed by atoms with Crippen LogP contribution in [0.2, 0.25) is 5.02 Å². The van der Waals surface area contributed by atoms with E-state index >= 15 is 0 Å². The lowest BCUT2D eigenvalue weighted by atomic mass is 10.3. The summed E-state index contributed by atoms with van der Waals surface area (Å²) >= 11 is 7.27. The van der Waals surface area contributed by atoms with E-state index in [9.17, 15) is 4.79 Å². The molecule has 0 unspecified atom stereocenters. The first-order chi connectivity index (χ1) is 8.09. The third-order valence-electron chi connectivity index (χ3n) is 2.39. The lowest BCUT2D eigenvalue weighted by molar-refractivity contribution is -0.119. The fraction of sp³-hybridized carbons (Fsp3) is 0.300.